The van der Waals surface area contributed by atoms with Gasteiger partial charge >= 0.3 is 0 Å². The molecule has 1 N–H and O–H groups in total. The van der Waals surface area contributed by atoms with E-state index in [9.17, 15) is 18.4 Å². The molecule has 7 heteroatoms. The monoisotopic (exact) mass is 362 g/mol. The first-order valence-electron chi connectivity index (χ1n) is 8.13. The van der Waals surface area contributed by atoms with Gasteiger partial charge in [0.1, 0.15) is 23.9 Å². The molecule has 0 saturated heterocycles. The van der Waals surface area contributed by atoms with Gasteiger partial charge in [0.15, 0.2) is 0 Å². The van der Waals surface area contributed by atoms with Crippen LogP contribution >= 0.6 is 0 Å². The zero-order chi connectivity index (χ0) is 19.1. The number of halogens is 2. The van der Waals surface area contributed by atoms with E-state index in [1.807, 2.05) is 6.92 Å². The van der Waals surface area contributed by atoms with Crippen LogP contribution in [-0.4, -0.2) is 36.9 Å². The second-order valence-electron chi connectivity index (χ2n) is 5.60. The van der Waals surface area contributed by atoms with Gasteiger partial charge in [-0.15, -0.1) is 0 Å². The first-order valence-corrected chi connectivity index (χ1v) is 8.13. The molecule has 0 aliphatic rings. The molecule has 2 rings (SSSR count). The Morgan fingerprint density at radius 3 is 2.54 bits per heavy atom. The molecule has 0 atom stereocenters. The summed E-state index contributed by atoms with van der Waals surface area (Å²) in [5, 5.41) is 2.67. The lowest BCUT2D eigenvalue weighted by molar-refractivity contribution is -0.116. The van der Waals surface area contributed by atoms with Gasteiger partial charge in [-0.1, -0.05) is 19.1 Å². The molecule has 0 aromatic heterocycles. The second kappa shape index (κ2) is 8.94. The number of hydrogen-bond acceptors (Lipinski definition) is 3. The fourth-order valence-corrected chi connectivity index (χ4v) is 2.47. The summed E-state index contributed by atoms with van der Waals surface area (Å²) in [6, 6.07) is 9.59. The van der Waals surface area contributed by atoms with Gasteiger partial charge in [-0.05, 0) is 30.7 Å². The van der Waals surface area contributed by atoms with Gasteiger partial charge in [-0.25, -0.2) is 8.78 Å². The van der Waals surface area contributed by atoms with E-state index in [4.69, 9.17) is 4.74 Å². The highest BCUT2D eigenvalue weighted by Crippen LogP contribution is 2.23. The van der Waals surface area contributed by atoms with Crippen LogP contribution in [0.3, 0.4) is 0 Å². The van der Waals surface area contributed by atoms with Crippen molar-refractivity contribution in [2.75, 3.05) is 25.5 Å². The summed E-state index contributed by atoms with van der Waals surface area (Å²) in [4.78, 5) is 26.1. The van der Waals surface area contributed by atoms with E-state index in [0.29, 0.717) is 23.9 Å². The maximum atomic E-state index is 13.9. The molecule has 2 aromatic carbocycles. The quantitative estimate of drug-likeness (QED) is 0.821. The largest absolute Gasteiger partial charge is 0.495 e. The Kier molecular flexibility index (Phi) is 6.66. The Bertz CT molecular complexity index is 796. The summed E-state index contributed by atoms with van der Waals surface area (Å²) in [6.45, 7) is 1.83. The van der Waals surface area contributed by atoms with E-state index < -0.39 is 23.4 Å². The van der Waals surface area contributed by atoms with Gasteiger partial charge in [0.05, 0.1) is 18.4 Å². The SMILES string of the molecule is CCCN(CC(=O)Nc1ccccc1OC)C(=O)c1ccc(F)cc1F. The van der Waals surface area contributed by atoms with Crippen molar-refractivity contribution in [1.82, 2.24) is 4.90 Å². The molecular formula is C19H20F2N2O3. The Labute approximate surface area is 150 Å². The van der Waals surface area contributed by atoms with Gasteiger partial charge in [-0.3, -0.25) is 9.59 Å². The lowest BCUT2D eigenvalue weighted by atomic mass is 10.1. The van der Waals surface area contributed by atoms with Gasteiger partial charge in [0, 0.05) is 12.6 Å². The highest BCUT2D eigenvalue weighted by Gasteiger charge is 2.22. The third kappa shape index (κ3) is 4.78. The molecule has 2 amide bonds. The predicted octanol–water partition coefficient (Wildman–Crippen LogP) is 3.46. The molecule has 2 aromatic rings. The summed E-state index contributed by atoms with van der Waals surface area (Å²) in [5.41, 5.74) is 0.196. The minimum Gasteiger partial charge on any atom is -0.495 e. The fourth-order valence-electron chi connectivity index (χ4n) is 2.47. The lowest BCUT2D eigenvalue weighted by Crippen LogP contribution is -2.39. The highest BCUT2D eigenvalue weighted by molar-refractivity contribution is 6.00. The van der Waals surface area contributed by atoms with Crippen molar-refractivity contribution in [2.45, 2.75) is 13.3 Å². The molecule has 0 unspecified atom stereocenters. The predicted molar refractivity (Wildman–Crippen MR) is 94.2 cm³/mol. The number of amides is 2. The number of nitrogens with one attached hydrogen (secondary N) is 1. The highest BCUT2D eigenvalue weighted by atomic mass is 19.1. The van der Waals surface area contributed by atoms with Gasteiger partial charge < -0.3 is 15.0 Å². The summed E-state index contributed by atoms with van der Waals surface area (Å²) in [6.07, 6.45) is 0.580. The van der Waals surface area contributed by atoms with Crippen LogP contribution in [0.2, 0.25) is 0 Å². The number of benzene rings is 2. The summed E-state index contributed by atoms with van der Waals surface area (Å²) < 4.78 is 32.1. The maximum Gasteiger partial charge on any atom is 0.257 e. The van der Waals surface area contributed by atoms with Gasteiger partial charge in [0.25, 0.3) is 5.91 Å². The zero-order valence-electron chi connectivity index (χ0n) is 14.6. The van der Waals surface area contributed by atoms with Crippen LogP contribution in [-0.2, 0) is 4.79 Å². The number of ether oxygens (including phenoxy) is 1. The van der Waals surface area contributed by atoms with Crippen molar-refractivity contribution in [3.05, 3.63) is 59.7 Å². The number of anilines is 1. The topological polar surface area (TPSA) is 58.6 Å². The average molecular weight is 362 g/mol. The molecule has 0 saturated carbocycles. The Hall–Kier alpha value is -2.96. The maximum absolute atomic E-state index is 13.9. The Balaban J connectivity index is 2.14. The van der Waals surface area contributed by atoms with Crippen molar-refractivity contribution >= 4 is 17.5 Å². The summed E-state index contributed by atoms with van der Waals surface area (Å²) >= 11 is 0. The molecular weight excluding hydrogens is 342 g/mol. The fraction of sp³-hybridized carbons (Fsp3) is 0.263. The normalized spacial score (nSPS) is 10.3. The average Bonchev–Trinajstić information content (AvgIpc) is 2.61. The standard InChI is InChI=1S/C19H20F2N2O3/c1-3-10-23(19(25)14-9-8-13(20)11-15(14)21)12-18(24)22-16-6-4-5-7-17(16)26-2/h4-9,11H,3,10,12H2,1-2H3,(H,22,24). The minimum atomic E-state index is -0.957. The number of carbonyl (C=O) groups excluding carboxylic acids is 2. The van der Waals surface area contributed by atoms with Crippen molar-refractivity contribution in [3.63, 3.8) is 0 Å². The molecule has 138 valence electrons. The number of rotatable bonds is 7. The van der Waals surface area contributed by atoms with E-state index in [0.717, 1.165) is 12.1 Å². The van der Waals surface area contributed by atoms with Crippen LogP contribution < -0.4 is 10.1 Å². The van der Waals surface area contributed by atoms with Crippen molar-refractivity contribution in [2.24, 2.45) is 0 Å². The van der Waals surface area contributed by atoms with Crippen molar-refractivity contribution in [3.8, 4) is 5.75 Å². The third-order valence-corrected chi connectivity index (χ3v) is 3.66. The smallest absolute Gasteiger partial charge is 0.257 e. The van der Waals surface area contributed by atoms with E-state index in [1.165, 1.54) is 12.0 Å². The van der Waals surface area contributed by atoms with Crippen LogP contribution in [0.1, 0.15) is 23.7 Å². The molecule has 0 fully saturated rings. The number of methoxy groups -OCH3 is 1. The van der Waals surface area contributed by atoms with Crippen LogP contribution in [0.15, 0.2) is 42.5 Å². The molecule has 0 heterocycles. The van der Waals surface area contributed by atoms with Crippen LogP contribution in [0.25, 0.3) is 0 Å². The number of hydrogen-bond donors (Lipinski definition) is 1. The first kappa shape index (κ1) is 19.4. The molecule has 26 heavy (non-hydrogen) atoms. The zero-order valence-corrected chi connectivity index (χ0v) is 14.6. The molecule has 5 nitrogen and oxygen atoms in total. The number of carbonyl (C=O) groups is 2. The van der Waals surface area contributed by atoms with Gasteiger partial charge in [0.2, 0.25) is 5.91 Å². The van der Waals surface area contributed by atoms with Gasteiger partial charge in [-0.2, -0.15) is 0 Å². The molecule has 0 aliphatic carbocycles. The Morgan fingerprint density at radius 1 is 1.15 bits per heavy atom. The lowest BCUT2D eigenvalue weighted by Gasteiger charge is -2.22. The molecule has 0 radical (unpaired) electrons. The van der Waals surface area contributed by atoms with Crippen LogP contribution in [0.4, 0.5) is 14.5 Å². The van der Waals surface area contributed by atoms with Crippen molar-refractivity contribution in [1.29, 1.82) is 0 Å². The second-order valence-corrected chi connectivity index (χ2v) is 5.60. The number of para-hydroxylation sites is 2. The minimum absolute atomic E-state index is 0.259. The van der Waals surface area contributed by atoms with Crippen molar-refractivity contribution < 1.29 is 23.1 Å². The molecule has 0 aliphatic heterocycles. The van der Waals surface area contributed by atoms with Crippen LogP contribution in [0.5, 0.6) is 5.75 Å². The first-order chi connectivity index (χ1) is 12.5. The third-order valence-electron chi connectivity index (χ3n) is 3.66. The van der Waals surface area contributed by atoms with E-state index in [1.54, 1.807) is 24.3 Å². The van der Waals surface area contributed by atoms with E-state index in [2.05, 4.69) is 5.32 Å². The van der Waals surface area contributed by atoms with E-state index >= 15 is 0 Å². The van der Waals surface area contributed by atoms with E-state index in [-0.39, 0.29) is 18.7 Å². The van der Waals surface area contributed by atoms with Crippen LogP contribution in [0, 0.1) is 11.6 Å². The summed E-state index contributed by atoms with van der Waals surface area (Å²) in [5.74, 6) is -2.35. The Morgan fingerprint density at radius 2 is 1.88 bits per heavy atom. The number of nitrogens with zero attached hydrogens (tertiary/aromatic N) is 1. The molecule has 0 bridgehead atoms. The molecule has 0 spiro atoms. The summed E-state index contributed by atoms with van der Waals surface area (Å²) in [7, 11) is 1.48.